The third-order valence-electron chi connectivity index (χ3n) is 6.82. The minimum atomic E-state index is 0.165. The van der Waals surface area contributed by atoms with Crippen LogP contribution in [0.2, 0.25) is 0 Å². The lowest BCUT2D eigenvalue weighted by Gasteiger charge is -2.17. The van der Waals surface area contributed by atoms with E-state index in [9.17, 15) is 4.79 Å². The molecule has 4 rings (SSSR count). The van der Waals surface area contributed by atoms with E-state index in [0.717, 1.165) is 47.2 Å². The summed E-state index contributed by atoms with van der Waals surface area (Å²) in [7, 11) is 5.13. The first-order chi connectivity index (χ1) is 19.5. The molecule has 40 heavy (non-hydrogen) atoms. The van der Waals surface area contributed by atoms with Crippen molar-refractivity contribution in [2.45, 2.75) is 44.2 Å². The fourth-order valence-corrected chi connectivity index (χ4v) is 5.40. The van der Waals surface area contributed by atoms with Crippen molar-refractivity contribution in [1.29, 1.82) is 0 Å². The number of hydrogen-bond acceptors (Lipinski definition) is 6. The largest absolute Gasteiger partial charge is 0.493 e. The number of ether oxygens (including phenoxy) is 2. The van der Waals surface area contributed by atoms with Crippen LogP contribution in [0.3, 0.4) is 0 Å². The lowest BCUT2D eigenvalue weighted by Crippen LogP contribution is -2.28. The van der Waals surface area contributed by atoms with Crippen molar-refractivity contribution in [1.82, 2.24) is 19.7 Å². The Bertz CT molecular complexity index is 1370. The molecule has 0 bridgehead atoms. The van der Waals surface area contributed by atoms with Crippen molar-refractivity contribution in [3.05, 3.63) is 95.3 Å². The van der Waals surface area contributed by atoms with Crippen LogP contribution >= 0.6 is 11.8 Å². The Morgan fingerprint density at radius 1 is 0.900 bits per heavy atom. The summed E-state index contributed by atoms with van der Waals surface area (Å²) in [6, 6.07) is 24.7. The molecule has 0 saturated heterocycles. The lowest BCUT2D eigenvalue weighted by molar-refractivity contribution is -0.129. The van der Waals surface area contributed by atoms with Crippen LogP contribution in [-0.4, -0.2) is 59.1 Å². The van der Waals surface area contributed by atoms with Crippen molar-refractivity contribution < 1.29 is 14.3 Å². The minimum absolute atomic E-state index is 0.165. The van der Waals surface area contributed by atoms with Gasteiger partial charge in [0.2, 0.25) is 5.91 Å². The first-order valence-electron chi connectivity index (χ1n) is 13.6. The van der Waals surface area contributed by atoms with Crippen LogP contribution in [0.15, 0.2) is 78.0 Å². The van der Waals surface area contributed by atoms with Gasteiger partial charge in [-0.1, -0.05) is 65.9 Å². The molecule has 0 unspecified atom stereocenters. The standard InChI is InChI=1S/C32H38N4O3S/c1-24-13-16-27(17-14-24)36-30(23-25-10-6-5-7-11-25)33-34-32(36)40-21-9-8-12-31(37)35(2)20-19-26-15-18-28(38-3)29(22-26)39-4/h5-7,10-11,13-18,22H,8-9,12,19-21,23H2,1-4H3. The second-order valence-corrected chi connectivity index (χ2v) is 10.9. The van der Waals surface area contributed by atoms with Crippen LogP contribution in [0, 0.1) is 6.92 Å². The van der Waals surface area contributed by atoms with Crippen LogP contribution in [0.4, 0.5) is 0 Å². The molecule has 0 atom stereocenters. The topological polar surface area (TPSA) is 69.5 Å². The summed E-state index contributed by atoms with van der Waals surface area (Å²) in [5.41, 5.74) is 4.59. The van der Waals surface area contributed by atoms with Gasteiger partial charge in [-0.3, -0.25) is 9.36 Å². The fourth-order valence-electron chi connectivity index (χ4n) is 4.43. The van der Waals surface area contributed by atoms with Gasteiger partial charge in [0.05, 0.1) is 14.2 Å². The van der Waals surface area contributed by atoms with Crippen molar-refractivity contribution in [2.24, 2.45) is 0 Å². The molecular formula is C32H38N4O3S. The second-order valence-electron chi connectivity index (χ2n) is 9.79. The zero-order valence-electron chi connectivity index (χ0n) is 23.8. The maximum absolute atomic E-state index is 12.7. The van der Waals surface area contributed by atoms with Gasteiger partial charge in [0, 0.05) is 37.9 Å². The summed E-state index contributed by atoms with van der Waals surface area (Å²) >= 11 is 1.69. The summed E-state index contributed by atoms with van der Waals surface area (Å²) in [5, 5.41) is 9.96. The van der Waals surface area contributed by atoms with Crippen LogP contribution in [-0.2, 0) is 17.6 Å². The third kappa shape index (κ3) is 7.88. The van der Waals surface area contributed by atoms with Crippen LogP contribution < -0.4 is 9.47 Å². The zero-order valence-corrected chi connectivity index (χ0v) is 24.6. The van der Waals surface area contributed by atoms with E-state index in [1.165, 1.54) is 11.1 Å². The number of carbonyl (C=O) groups excluding carboxylic acids is 1. The van der Waals surface area contributed by atoms with Gasteiger partial charge >= 0.3 is 0 Å². The number of thioether (sulfide) groups is 1. The summed E-state index contributed by atoms with van der Waals surface area (Å²) in [4.78, 5) is 14.5. The number of nitrogens with zero attached hydrogens (tertiary/aromatic N) is 4. The molecule has 1 heterocycles. The van der Waals surface area contributed by atoms with E-state index in [1.54, 1.807) is 26.0 Å². The molecule has 0 saturated carbocycles. The Balaban J connectivity index is 1.27. The highest BCUT2D eigenvalue weighted by Gasteiger charge is 2.16. The number of aromatic nitrogens is 3. The predicted octanol–water partition coefficient (Wildman–Crippen LogP) is 6.15. The maximum Gasteiger partial charge on any atom is 0.222 e. The number of hydrogen-bond donors (Lipinski definition) is 0. The molecule has 4 aromatic rings. The molecule has 0 fully saturated rings. The third-order valence-corrected chi connectivity index (χ3v) is 7.84. The molecule has 1 amide bonds. The minimum Gasteiger partial charge on any atom is -0.493 e. The van der Waals surface area contributed by atoms with Gasteiger partial charge in [-0.15, -0.1) is 10.2 Å². The molecule has 3 aromatic carbocycles. The Morgan fingerprint density at radius 2 is 1.65 bits per heavy atom. The zero-order chi connectivity index (χ0) is 28.3. The molecule has 0 spiro atoms. The number of carbonyl (C=O) groups is 1. The first kappa shape index (κ1) is 29.2. The highest BCUT2D eigenvalue weighted by atomic mass is 32.2. The molecule has 7 nitrogen and oxygen atoms in total. The Kier molecular flexibility index (Phi) is 10.6. The van der Waals surface area contributed by atoms with E-state index in [4.69, 9.17) is 9.47 Å². The molecule has 210 valence electrons. The van der Waals surface area contributed by atoms with Crippen molar-refractivity contribution in [3.63, 3.8) is 0 Å². The summed E-state index contributed by atoms with van der Waals surface area (Å²) in [6.45, 7) is 2.75. The lowest BCUT2D eigenvalue weighted by atomic mass is 10.1. The monoisotopic (exact) mass is 558 g/mol. The SMILES string of the molecule is COc1ccc(CCN(C)C(=O)CCCCSc2nnc(Cc3ccccc3)n2-c2ccc(C)cc2)cc1OC. The first-order valence-corrected chi connectivity index (χ1v) is 14.6. The number of amides is 1. The normalized spacial score (nSPS) is 10.9. The Hall–Kier alpha value is -3.78. The number of likely N-dealkylation sites (N-methyl/N-ethyl adjacent to an activating group) is 1. The molecule has 0 aliphatic heterocycles. The number of methoxy groups -OCH3 is 2. The van der Waals surface area contributed by atoms with Gasteiger partial charge < -0.3 is 14.4 Å². The second kappa shape index (κ2) is 14.6. The molecule has 1 aromatic heterocycles. The summed E-state index contributed by atoms with van der Waals surface area (Å²) in [6.07, 6.45) is 3.77. The molecule has 0 aliphatic rings. The van der Waals surface area contributed by atoms with Gasteiger partial charge in [0.15, 0.2) is 16.7 Å². The highest BCUT2D eigenvalue weighted by Crippen LogP contribution is 2.28. The van der Waals surface area contributed by atoms with Gasteiger partial charge in [-0.25, -0.2) is 0 Å². The van der Waals surface area contributed by atoms with Gasteiger partial charge in [0.1, 0.15) is 5.82 Å². The van der Waals surface area contributed by atoms with Gasteiger partial charge in [-0.2, -0.15) is 0 Å². The van der Waals surface area contributed by atoms with E-state index in [2.05, 4.69) is 58.1 Å². The Labute approximate surface area is 241 Å². The molecule has 0 aliphatic carbocycles. The Morgan fingerprint density at radius 3 is 2.38 bits per heavy atom. The van der Waals surface area contributed by atoms with E-state index in [0.29, 0.717) is 30.9 Å². The van der Waals surface area contributed by atoms with Crippen molar-refractivity contribution >= 4 is 17.7 Å². The highest BCUT2D eigenvalue weighted by molar-refractivity contribution is 7.99. The maximum atomic E-state index is 12.7. The quantitative estimate of drug-likeness (QED) is 0.137. The fraction of sp³-hybridized carbons (Fsp3) is 0.344. The van der Waals surface area contributed by atoms with Gasteiger partial charge in [-0.05, 0) is 61.6 Å². The molecule has 8 heteroatoms. The summed E-state index contributed by atoms with van der Waals surface area (Å²) < 4.78 is 12.8. The van der Waals surface area contributed by atoms with Crippen LogP contribution in [0.5, 0.6) is 11.5 Å². The number of unbranched alkanes of at least 4 members (excludes halogenated alkanes) is 1. The van der Waals surface area contributed by atoms with Crippen LogP contribution in [0.1, 0.15) is 41.8 Å². The predicted molar refractivity (Wildman–Crippen MR) is 161 cm³/mol. The number of rotatable bonds is 14. The molecular weight excluding hydrogens is 520 g/mol. The van der Waals surface area contributed by atoms with E-state index in [1.807, 2.05) is 48.3 Å². The average molecular weight is 559 g/mol. The summed E-state index contributed by atoms with van der Waals surface area (Å²) in [5.74, 6) is 3.37. The number of benzene rings is 3. The van der Waals surface area contributed by atoms with Gasteiger partial charge in [0.25, 0.3) is 0 Å². The number of aryl methyl sites for hydroxylation is 1. The molecule has 0 N–H and O–H groups in total. The van der Waals surface area contributed by atoms with Crippen LogP contribution in [0.25, 0.3) is 5.69 Å². The van der Waals surface area contributed by atoms with Crippen molar-refractivity contribution in [3.8, 4) is 17.2 Å². The van der Waals surface area contributed by atoms with E-state index >= 15 is 0 Å². The average Bonchev–Trinajstić information content (AvgIpc) is 3.38. The molecule has 0 radical (unpaired) electrons. The van der Waals surface area contributed by atoms with Crippen molar-refractivity contribution in [2.75, 3.05) is 33.6 Å². The van der Waals surface area contributed by atoms with E-state index in [-0.39, 0.29) is 5.91 Å². The smallest absolute Gasteiger partial charge is 0.222 e. The van der Waals surface area contributed by atoms with E-state index < -0.39 is 0 Å².